The fraction of sp³-hybridized carbons (Fsp3) is 0.308. The highest BCUT2D eigenvalue weighted by Gasteiger charge is 2.37. The largest absolute Gasteiger partial charge is 0.279 e. The first-order chi connectivity index (χ1) is 8.74. The normalized spacial score (nSPS) is 26.8. The summed E-state index contributed by atoms with van der Waals surface area (Å²) in [6.07, 6.45) is 6.59. The van der Waals surface area contributed by atoms with Crippen LogP contribution in [0.15, 0.2) is 41.5 Å². The van der Waals surface area contributed by atoms with E-state index in [0.717, 1.165) is 18.5 Å². The number of non-ortho nitro benzene ring substituents is 1. The molecule has 0 bridgehead atoms. The number of rotatable bonds is 3. The molecule has 0 amide bonds. The van der Waals surface area contributed by atoms with Crippen LogP contribution in [-0.2, 0) is 0 Å². The van der Waals surface area contributed by atoms with Crippen LogP contribution in [0.1, 0.15) is 12.8 Å². The smallest absolute Gasteiger partial charge is 0.269 e. The highest BCUT2D eigenvalue weighted by molar-refractivity contribution is 5.94. The first-order valence-corrected chi connectivity index (χ1v) is 5.97. The highest BCUT2D eigenvalue weighted by atomic mass is 16.6. The summed E-state index contributed by atoms with van der Waals surface area (Å²) in [5.74, 6) is 1.26. The van der Waals surface area contributed by atoms with Gasteiger partial charge in [-0.2, -0.15) is 5.10 Å². The fourth-order valence-electron chi connectivity index (χ4n) is 2.46. The Kier molecular flexibility index (Phi) is 2.59. The SMILES string of the molecule is O=[N+]([O-])c1ccc(N/N=C2/C[C@@H]3C=CC[C@H]23)cc1. The van der Waals surface area contributed by atoms with Crippen molar-refractivity contribution in [2.45, 2.75) is 12.8 Å². The predicted octanol–water partition coefficient (Wildman–Crippen LogP) is 2.96. The number of anilines is 1. The zero-order chi connectivity index (χ0) is 12.5. The Labute approximate surface area is 104 Å². The van der Waals surface area contributed by atoms with Gasteiger partial charge >= 0.3 is 0 Å². The maximum Gasteiger partial charge on any atom is 0.269 e. The lowest BCUT2D eigenvalue weighted by atomic mass is 9.74. The molecule has 18 heavy (non-hydrogen) atoms. The van der Waals surface area contributed by atoms with Gasteiger partial charge in [-0.25, -0.2) is 0 Å². The van der Waals surface area contributed by atoms with Gasteiger partial charge in [0.05, 0.1) is 10.6 Å². The molecule has 0 radical (unpaired) electrons. The molecule has 1 aromatic carbocycles. The quantitative estimate of drug-likeness (QED) is 0.504. The second-order valence-corrected chi connectivity index (χ2v) is 4.66. The van der Waals surface area contributed by atoms with E-state index >= 15 is 0 Å². The third-order valence-corrected chi connectivity index (χ3v) is 3.57. The van der Waals surface area contributed by atoms with E-state index in [0.29, 0.717) is 11.8 Å². The van der Waals surface area contributed by atoms with E-state index < -0.39 is 4.92 Å². The predicted molar refractivity (Wildman–Crippen MR) is 69.5 cm³/mol. The first-order valence-electron chi connectivity index (χ1n) is 5.97. The third-order valence-electron chi connectivity index (χ3n) is 3.57. The van der Waals surface area contributed by atoms with Crippen LogP contribution in [0.4, 0.5) is 11.4 Å². The van der Waals surface area contributed by atoms with E-state index in [9.17, 15) is 10.1 Å². The van der Waals surface area contributed by atoms with Gasteiger partial charge in [-0.1, -0.05) is 12.2 Å². The van der Waals surface area contributed by atoms with Crippen LogP contribution in [0.2, 0.25) is 0 Å². The summed E-state index contributed by atoms with van der Waals surface area (Å²) in [5, 5.41) is 14.9. The molecular formula is C13H13N3O2. The summed E-state index contributed by atoms with van der Waals surface area (Å²) >= 11 is 0. The van der Waals surface area contributed by atoms with Crippen molar-refractivity contribution in [1.29, 1.82) is 0 Å². The number of nitrogens with one attached hydrogen (secondary N) is 1. The first kappa shape index (κ1) is 11.0. The lowest BCUT2D eigenvalue weighted by molar-refractivity contribution is -0.384. The molecule has 1 N–H and O–H groups in total. The van der Waals surface area contributed by atoms with Crippen molar-refractivity contribution in [3.05, 3.63) is 46.5 Å². The highest BCUT2D eigenvalue weighted by Crippen LogP contribution is 2.40. The van der Waals surface area contributed by atoms with Crippen LogP contribution in [0.5, 0.6) is 0 Å². The molecule has 0 saturated heterocycles. The molecule has 0 aromatic heterocycles. The molecular weight excluding hydrogens is 230 g/mol. The standard InChI is InChI=1S/C13H13N3O2/c17-16(18)11-6-4-10(5-7-11)14-15-13-8-9-2-1-3-12(9)13/h1-2,4-7,9,12,14H,3,8H2/b15-13-/t9-,12-/m0/s1. The Balaban J connectivity index is 1.63. The number of benzene rings is 1. The molecule has 0 spiro atoms. The maximum absolute atomic E-state index is 10.5. The Bertz CT molecular complexity index is 534. The number of hydrazone groups is 1. The minimum absolute atomic E-state index is 0.0944. The number of nitro benzene ring substituents is 1. The monoisotopic (exact) mass is 243 g/mol. The van der Waals surface area contributed by atoms with Crippen molar-refractivity contribution >= 4 is 17.1 Å². The number of allylic oxidation sites excluding steroid dienone is 2. The van der Waals surface area contributed by atoms with E-state index in [2.05, 4.69) is 22.7 Å². The number of fused-ring (bicyclic) bond motifs is 1. The Hall–Kier alpha value is -2.17. The minimum atomic E-state index is -0.406. The molecule has 1 aromatic rings. The molecule has 2 aliphatic rings. The van der Waals surface area contributed by atoms with Crippen molar-refractivity contribution in [2.75, 3.05) is 5.43 Å². The summed E-state index contributed by atoms with van der Waals surface area (Å²) in [6.45, 7) is 0. The molecule has 92 valence electrons. The zero-order valence-electron chi connectivity index (χ0n) is 9.74. The van der Waals surface area contributed by atoms with Gasteiger partial charge in [0.15, 0.2) is 0 Å². The number of nitro groups is 1. The Morgan fingerprint density at radius 2 is 2.11 bits per heavy atom. The van der Waals surface area contributed by atoms with Gasteiger partial charge in [-0.15, -0.1) is 0 Å². The molecule has 2 atom stereocenters. The van der Waals surface area contributed by atoms with Crippen molar-refractivity contribution < 1.29 is 4.92 Å². The summed E-state index contributed by atoms with van der Waals surface area (Å²) in [7, 11) is 0. The summed E-state index contributed by atoms with van der Waals surface area (Å²) in [4.78, 5) is 10.1. The molecule has 1 saturated carbocycles. The minimum Gasteiger partial charge on any atom is -0.279 e. The Morgan fingerprint density at radius 3 is 2.78 bits per heavy atom. The third kappa shape index (κ3) is 1.88. The summed E-state index contributed by atoms with van der Waals surface area (Å²) in [6, 6.07) is 6.29. The maximum atomic E-state index is 10.5. The van der Waals surface area contributed by atoms with Crippen molar-refractivity contribution in [3.63, 3.8) is 0 Å². The molecule has 5 heteroatoms. The number of nitrogens with zero attached hydrogens (tertiary/aromatic N) is 2. The fourth-order valence-corrected chi connectivity index (χ4v) is 2.46. The van der Waals surface area contributed by atoms with Crippen LogP contribution < -0.4 is 5.43 Å². The van der Waals surface area contributed by atoms with Crippen LogP contribution in [0.3, 0.4) is 0 Å². The van der Waals surface area contributed by atoms with Gasteiger partial charge in [-0.3, -0.25) is 15.5 Å². The molecule has 2 aliphatic carbocycles. The molecule has 0 unspecified atom stereocenters. The lowest BCUT2D eigenvalue weighted by Gasteiger charge is -2.31. The lowest BCUT2D eigenvalue weighted by Crippen LogP contribution is -2.33. The van der Waals surface area contributed by atoms with Gasteiger partial charge in [0, 0.05) is 23.8 Å². The number of hydrogen-bond acceptors (Lipinski definition) is 4. The topological polar surface area (TPSA) is 67.5 Å². The van der Waals surface area contributed by atoms with Crippen LogP contribution in [0, 0.1) is 22.0 Å². The molecule has 0 aliphatic heterocycles. The van der Waals surface area contributed by atoms with Crippen molar-refractivity contribution in [3.8, 4) is 0 Å². The van der Waals surface area contributed by atoms with E-state index in [-0.39, 0.29) is 5.69 Å². The van der Waals surface area contributed by atoms with Gasteiger partial charge in [-0.05, 0) is 30.9 Å². The van der Waals surface area contributed by atoms with E-state index in [1.165, 1.54) is 17.8 Å². The summed E-state index contributed by atoms with van der Waals surface area (Å²) < 4.78 is 0. The second kappa shape index (κ2) is 4.25. The van der Waals surface area contributed by atoms with Crippen molar-refractivity contribution in [2.24, 2.45) is 16.9 Å². The van der Waals surface area contributed by atoms with Crippen LogP contribution in [0.25, 0.3) is 0 Å². The zero-order valence-corrected chi connectivity index (χ0v) is 9.74. The van der Waals surface area contributed by atoms with Gasteiger partial charge < -0.3 is 0 Å². The van der Waals surface area contributed by atoms with E-state index in [1.54, 1.807) is 12.1 Å². The van der Waals surface area contributed by atoms with E-state index in [1.807, 2.05) is 0 Å². The van der Waals surface area contributed by atoms with E-state index in [4.69, 9.17) is 0 Å². The molecule has 3 rings (SSSR count). The average Bonchev–Trinajstić information content (AvgIpc) is 2.72. The van der Waals surface area contributed by atoms with Crippen LogP contribution in [-0.4, -0.2) is 10.6 Å². The summed E-state index contributed by atoms with van der Waals surface area (Å²) in [5.41, 5.74) is 5.03. The Morgan fingerprint density at radius 1 is 1.33 bits per heavy atom. The van der Waals surface area contributed by atoms with Gasteiger partial charge in [0.25, 0.3) is 5.69 Å². The van der Waals surface area contributed by atoms with Crippen molar-refractivity contribution in [1.82, 2.24) is 0 Å². The van der Waals surface area contributed by atoms with Gasteiger partial charge in [0.1, 0.15) is 0 Å². The average molecular weight is 243 g/mol. The van der Waals surface area contributed by atoms with Crippen LogP contribution >= 0.6 is 0 Å². The molecule has 1 fully saturated rings. The number of hydrogen-bond donors (Lipinski definition) is 1. The van der Waals surface area contributed by atoms with Gasteiger partial charge in [0.2, 0.25) is 0 Å². The molecule has 5 nitrogen and oxygen atoms in total. The second-order valence-electron chi connectivity index (χ2n) is 4.66. The molecule has 0 heterocycles.